The summed E-state index contributed by atoms with van der Waals surface area (Å²) in [5.74, 6) is -1.02. The largest absolute Gasteiger partial charge is 0.368 e. The Morgan fingerprint density at radius 2 is 2.00 bits per heavy atom. The predicted octanol–water partition coefficient (Wildman–Crippen LogP) is 1.04. The minimum atomic E-state index is -1.11. The summed E-state index contributed by atoms with van der Waals surface area (Å²) in [7, 11) is 0. The molecule has 0 radical (unpaired) electrons. The Morgan fingerprint density at radius 1 is 1.41 bits per heavy atom. The van der Waals surface area contributed by atoms with E-state index >= 15 is 0 Å². The first-order valence-corrected chi connectivity index (χ1v) is 5.37. The third kappa shape index (κ3) is 3.42. The van der Waals surface area contributed by atoms with E-state index < -0.39 is 17.4 Å². The Morgan fingerprint density at radius 3 is 2.47 bits per heavy atom. The van der Waals surface area contributed by atoms with Crippen LogP contribution >= 0.6 is 11.6 Å². The lowest BCUT2D eigenvalue weighted by Gasteiger charge is -2.22. The zero-order valence-electron chi connectivity index (χ0n) is 9.87. The number of pyridine rings is 1. The van der Waals surface area contributed by atoms with Crippen LogP contribution in [0.5, 0.6) is 0 Å². The van der Waals surface area contributed by atoms with Gasteiger partial charge in [-0.15, -0.1) is 0 Å². The molecule has 0 fully saturated rings. The highest BCUT2D eigenvalue weighted by atomic mass is 35.5. The molecule has 0 aromatic carbocycles. The normalized spacial score (nSPS) is 11.1. The molecule has 0 spiro atoms. The van der Waals surface area contributed by atoms with E-state index in [1.807, 2.05) is 0 Å². The van der Waals surface area contributed by atoms with E-state index in [-0.39, 0.29) is 5.15 Å². The van der Waals surface area contributed by atoms with Gasteiger partial charge < -0.3 is 11.1 Å². The van der Waals surface area contributed by atoms with Gasteiger partial charge in [0.2, 0.25) is 5.91 Å². The highest BCUT2D eigenvalue weighted by Crippen LogP contribution is 2.11. The quantitative estimate of drug-likeness (QED) is 0.792. The second-order valence-electron chi connectivity index (χ2n) is 4.26. The molecule has 0 unspecified atom stereocenters. The van der Waals surface area contributed by atoms with E-state index in [4.69, 9.17) is 17.3 Å². The smallest absolute Gasteiger partial charge is 0.252 e. The lowest BCUT2D eigenvalue weighted by Crippen LogP contribution is -2.53. The number of nitrogens with zero attached hydrogens (tertiary/aromatic N) is 1. The second-order valence-corrected chi connectivity index (χ2v) is 4.65. The minimum Gasteiger partial charge on any atom is -0.368 e. The molecular formula is C11H14ClN3O2. The molecule has 0 aliphatic carbocycles. The molecule has 1 aromatic heterocycles. The highest BCUT2D eigenvalue weighted by Gasteiger charge is 2.27. The molecule has 1 aromatic rings. The summed E-state index contributed by atoms with van der Waals surface area (Å²) in [6, 6.07) is 3.01. The Balaban J connectivity index is 2.94. The van der Waals surface area contributed by atoms with Gasteiger partial charge >= 0.3 is 0 Å². The number of amides is 2. The fourth-order valence-corrected chi connectivity index (χ4v) is 1.43. The molecule has 0 aliphatic heterocycles. The molecule has 1 rings (SSSR count). The summed E-state index contributed by atoms with van der Waals surface area (Å²) in [5.41, 5.74) is 5.02. The SMILES string of the molecule is Cc1cc(C(=O)NC(C)(C)C(N)=O)cc(Cl)n1. The first kappa shape index (κ1) is 13.4. The second kappa shape index (κ2) is 4.71. The van der Waals surface area contributed by atoms with Crippen molar-refractivity contribution >= 4 is 23.4 Å². The zero-order chi connectivity index (χ0) is 13.2. The maximum Gasteiger partial charge on any atom is 0.252 e. The Labute approximate surface area is 104 Å². The summed E-state index contributed by atoms with van der Waals surface area (Å²) in [6.07, 6.45) is 0. The third-order valence-corrected chi connectivity index (χ3v) is 2.42. The van der Waals surface area contributed by atoms with Crippen LogP contribution in [-0.2, 0) is 4.79 Å². The number of rotatable bonds is 3. The summed E-state index contributed by atoms with van der Waals surface area (Å²) in [5, 5.41) is 2.76. The van der Waals surface area contributed by atoms with Crippen molar-refractivity contribution < 1.29 is 9.59 Å². The van der Waals surface area contributed by atoms with Gasteiger partial charge in [0.25, 0.3) is 5.91 Å². The van der Waals surface area contributed by atoms with Crippen LogP contribution in [0.2, 0.25) is 5.15 Å². The summed E-state index contributed by atoms with van der Waals surface area (Å²) in [6.45, 7) is 4.79. The van der Waals surface area contributed by atoms with Crippen molar-refractivity contribution in [1.82, 2.24) is 10.3 Å². The van der Waals surface area contributed by atoms with Crippen molar-refractivity contribution in [2.45, 2.75) is 26.3 Å². The molecule has 1 heterocycles. The molecule has 0 bridgehead atoms. The zero-order valence-corrected chi connectivity index (χ0v) is 10.6. The average Bonchev–Trinajstić information content (AvgIpc) is 2.15. The molecule has 0 saturated heterocycles. The minimum absolute atomic E-state index is 0.229. The number of nitrogens with two attached hydrogens (primary N) is 1. The van der Waals surface area contributed by atoms with Crippen molar-refractivity contribution in [2.24, 2.45) is 5.73 Å². The maximum atomic E-state index is 11.9. The summed E-state index contributed by atoms with van der Waals surface area (Å²) >= 11 is 5.75. The van der Waals surface area contributed by atoms with E-state index in [1.54, 1.807) is 13.0 Å². The van der Waals surface area contributed by atoms with Crippen molar-refractivity contribution in [3.05, 3.63) is 28.5 Å². The standard InChI is InChI=1S/C11H14ClN3O2/c1-6-4-7(5-8(12)14-6)9(16)15-11(2,3)10(13)17/h4-5H,1-3H3,(H2,13,17)(H,15,16). The Hall–Kier alpha value is -1.62. The van der Waals surface area contributed by atoms with Crippen molar-refractivity contribution in [3.63, 3.8) is 0 Å². The molecule has 17 heavy (non-hydrogen) atoms. The maximum absolute atomic E-state index is 11.9. The van der Waals surface area contributed by atoms with Gasteiger partial charge in [0.15, 0.2) is 0 Å². The van der Waals surface area contributed by atoms with Crippen LogP contribution in [0.15, 0.2) is 12.1 Å². The molecule has 5 nitrogen and oxygen atoms in total. The topological polar surface area (TPSA) is 85.1 Å². The molecule has 0 aliphatic rings. The number of primary amides is 1. The Bertz CT molecular complexity index is 452. The van der Waals surface area contributed by atoms with Crippen LogP contribution < -0.4 is 11.1 Å². The first-order chi connectivity index (χ1) is 7.72. The third-order valence-electron chi connectivity index (χ3n) is 2.23. The van der Waals surface area contributed by atoms with Gasteiger partial charge in [-0.05, 0) is 32.9 Å². The van der Waals surface area contributed by atoms with Gasteiger partial charge in [-0.3, -0.25) is 9.59 Å². The molecule has 92 valence electrons. The average molecular weight is 256 g/mol. The molecule has 2 amide bonds. The van der Waals surface area contributed by atoms with Crippen molar-refractivity contribution in [2.75, 3.05) is 0 Å². The monoisotopic (exact) mass is 255 g/mol. The van der Waals surface area contributed by atoms with Gasteiger partial charge in [-0.2, -0.15) is 0 Å². The number of nitrogens with one attached hydrogen (secondary N) is 1. The van der Waals surface area contributed by atoms with Crippen LogP contribution in [0.4, 0.5) is 0 Å². The van der Waals surface area contributed by atoms with E-state index in [9.17, 15) is 9.59 Å². The lowest BCUT2D eigenvalue weighted by molar-refractivity contribution is -0.122. The number of carbonyl (C=O) groups excluding carboxylic acids is 2. The summed E-state index contributed by atoms with van der Waals surface area (Å²) < 4.78 is 0. The van der Waals surface area contributed by atoms with E-state index in [0.717, 1.165) is 0 Å². The summed E-state index contributed by atoms with van der Waals surface area (Å²) in [4.78, 5) is 26.9. The predicted molar refractivity (Wildman–Crippen MR) is 64.7 cm³/mol. The number of aromatic nitrogens is 1. The van der Waals surface area contributed by atoms with Crippen LogP contribution in [0.3, 0.4) is 0 Å². The highest BCUT2D eigenvalue weighted by molar-refractivity contribution is 6.29. The molecule has 3 N–H and O–H groups in total. The van der Waals surface area contributed by atoms with Crippen LogP contribution in [0.25, 0.3) is 0 Å². The molecule has 0 atom stereocenters. The number of carbonyl (C=O) groups is 2. The van der Waals surface area contributed by atoms with E-state index in [2.05, 4.69) is 10.3 Å². The molecule has 0 saturated carbocycles. The van der Waals surface area contributed by atoms with Crippen LogP contribution in [-0.4, -0.2) is 22.3 Å². The van der Waals surface area contributed by atoms with E-state index in [1.165, 1.54) is 19.9 Å². The molecular weight excluding hydrogens is 242 g/mol. The van der Waals surface area contributed by atoms with Gasteiger partial charge in [0.1, 0.15) is 10.7 Å². The fourth-order valence-electron chi connectivity index (χ4n) is 1.18. The van der Waals surface area contributed by atoms with Crippen molar-refractivity contribution in [3.8, 4) is 0 Å². The van der Waals surface area contributed by atoms with Gasteiger partial charge in [0, 0.05) is 11.3 Å². The number of halogens is 1. The van der Waals surface area contributed by atoms with Gasteiger partial charge in [-0.1, -0.05) is 11.6 Å². The number of hydrogen-bond acceptors (Lipinski definition) is 3. The number of hydrogen-bond donors (Lipinski definition) is 2. The van der Waals surface area contributed by atoms with Crippen LogP contribution in [0.1, 0.15) is 29.9 Å². The lowest BCUT2D eigenvalue weighted by atomic mass is 10.0. The van der Waals surface area contributed by atoms with Crippen LogP contribution in [0, 0.1) is 6.92 Å². The fraction of sp³-hybridized carbons (Fsp3) is 0.364. The Kier molecular flexibility index (Phi) is 3.72. The van der Waals surface area contributed by atoms with Crippen molar-refractivity contribution in [1.29, 1.82) is 0 Å². The number of aryl methyl sites for hydroxylation is 1. The van der Waals surface area contributed by atoms with E-state index in [0.29, 0.717) is 11.3 Å². The molecule has 6 heteroatoms. The van der Waals surface area contributed by atoms with Gasteiger partial charge in [0.05, 0.1) is 0 Å². The first-order valence-electron chi connectivity index (χ1n) is 4.99. The van der Waals surface area contributed by atoms with Gasteiger partial charge in [-0.25, -0.2) is 4.98 Å².